The van der Waals surface area contributed by atoms with Crippen molar-refractivity contribution in [1.82, 2.24) is 15.1 Å². The highest BCUT2D eigenvalue weighted by atomic mass is 16.3. The highest BCUT2D eigenvalue weighted by molar-refractivity contribution is 5.20. The number of rotatable bonds is 7. The van der Waals surface area contributed by atoms with Crippen LogP contribution in [0.1, 0.15) is 44.3 Å². The molecule has 4 heteroatoms. The highest BCUT2D eigenvalue weighted by Gasteiger charge is 2.21. The second-order valence-corrected chi connectivity index (χ2v) is 6.14. The molecule has 1 aromatic rings. The summed E-state index contributed by atoms with van der Waals surface area (Å²) >= 11 is 0. The zero-order valence-electron chi connectivity index (χ0n) is 14.1. The molecule has 0 aromatic carbocycles. The number of furan rings is 1. The van der Waals surface area contributed by atoms with Gasteiger partial charge in [-0.2, -0.15) is 0 Å². The van der Waals surface area contributed by atoms with Gasteiger partial charge >= 0.3 is 0 Å². The molecular formula is C17H31N3O. The van der Waals surface area contributed by atoms with E-state index in [1.54, 1.807) is 0 Å². The van der Waals surface area contributed by atoms with Gasteiger partial charge in [0.1, 0.15) is 11.5 Å². The molecule has 1 aliphatic rings. The smallest absolute Gasteiger partial charge is 0.118 e. The van der Waals surface area contributed by atoms with E-state index in [4.69, 9.17) is 4.42 Å². The standard InChI is InChI=1S/C17H31N3O/c1-5-14(3)20-9-7-19(8-10-20)13-16-11-17(12-18-6-2)21-15(16)4/h11,14,18H,5-10,12-13H2,1-4H3. The van der Waals surface area contributed by atoms with Crippen LogP contribution in [0.4, 0.5) is 0 Å². The van der Waals surface area contributed by atoms with Crippen LogP contribution >= 0.6 is 0 Å². The second kappa shape index (κ2) is 7.97. The minimum Gasteiger partial charge on any atom is -0.465 e. The second-order valence-electron chi connectivity index (χ2n) is 6.14. The van der Waals surface area contributed by atoms with E-state index in [1.807, 2.05) is 0 Å². The summed E-state index contributed by atoms with van der Waals surface area (Å²) in [6.07, 6.45) is 1.24. The Balaban J connectivity index is 1.84. The molecule has 1 unspecified atom stereocenters. The van der Waals surface area contributed by atoms with E-state index in [9.17, 15) is 0 Å². The first-order chi connectivity index (χ1) is 10.1. The Labute approximate surface area is 129 Å². The lowest BCUT2D eigenvalue weighted by Gasteiger charge is -2.37. The summed E-state index contributed by atoms with van der Waals surface area (Å²) in [5.74, 6) is 2.13. The average molecular weight is 293 g/mol. The average Bonchev–Trinajstić information content (AvgIpc) is 2.85. The van der Waals surface area contributed by atoms with Crippen LogP contribution in [0, 0.1) is 6.92 Å². The van der Waals surface area contributed by atoms with Crippen LogP contribution in [0.2, 0.25) is 0 Å². The van der Waals surface area contributed by atoms with Crippen molar-refractivity contribution >= 4 is 0 Å². The lowest BCUT2D eigenvalue weighted by molar-refractivity contribution is 0.0961. The topological polar surface area (TPSA) is 31.6 Å². The van der Waals surface area contributed by atoms with E-state index in [0.29, 0.717) is 0 Å². The number of nitrogens with one attached hydrogen (secondary N) is 1. The normalized spacial score (nSPS) is 19.0. The largest absolute Gasteiger partial charge is 0.465 e. The van der Waals surface area contributed by atoms with Gasteiger partial charge in [-0.15, -0.1) is 0 Å². The van der Waals surface area contributed by atoms with E-state index in [1.165, 1.54) is 25.1 Å². The lowest BCUT2D eigenvalue weighted by Crippen LogP contribution is -2.49. The molecule has 1 saturated heterocycles. The number of hydrogen-bond donors (Lipinski definition) is 1. The molecule has 2 heterocycles. The molecule has 120 valence electrons. The summed E-state index contributed by atoms with van der Waals surface area (Å²) in [4.78, 5) is 5.16. The number of nitrogens with zero attached hydrogens (tertiary/aromatic N) is 2. The lowest BCUT2D eigenvalue weighted by atomic mass is 10.1. The first kappa shape index (κ1) is 16.5. The van der Waals surface area contributed by atoms with Gasteiger partial charge in [0.15, 0.2) is 0 Å². The predicted molar refractivity (Wildman–Crippen MR) is 87.4 cm³/mol. The Bertz CT molecular complexity index is 422. The molecule has 0 aliphatic carbocycles. The van der Waals surface area contributed by atoms with Crippen molar-refractivity contribution in [3.05, 3.63) is 23.2 Å². The van der Waals surface area contributed by atoms with Gasteiger partial charge in [-0.05, 0) is 32.9 Å². The van der Waals surface area contributed by atoms with E-state index in [2.05, 4.69) is 48.9 Å². The molecule has 1 fully saturated rings. The summed E-state index contributed by atoms with van der Waals surface area (Å²) in [6, 6.07) is 2.94. The Kier molecular flexibility index (Phi) is 6.27. The van der Waals surface area contributed by atoms with Crippen LogP contribution < -0.4 is 5.32 Å². The van der Waals surface area contributed by atoms with Crippen molar-refractivity contribution in [2.24, 2.45) is 0 Å². The minimum absolute atomic E-state index is 0.717. The summed E-state index contributed by atoms with van der Waals surface area (Å²) < 4.78 is 5.84. The first-order valence-electron chi connectivity index (χ1n) is 8.39. The summed E-state index contributed by atoms with van der Waals surface area (Å²) in [6.45, 7) is 16.4. The van der Waals surface area contributed by atoms with Crippen LogP contribution in [0.15, 0.2) is 10.5 Å². The molecule has 1 aliphatic heterocycles. The Morgan fingerprint density at radius 2 is 1.95 bits per heavy atom. The third-order valence-electron chi connectivity index (χ3n) is 4.64. The molecule has 0 spiro atoms. The maximum Gasteiger partial charge on any atom is 0.118 e. The summed E-state index contributed by atoms with van der Waals surface area (Å²) in [7, 11) is 0. The fourth-order valence-electron chi connectivity index (χ4n) is 2.94. The monoisotopic (exact) mass is 293 g/mol. The quantitative estimate of drug-likeness (QED) is 0.837. The molecule has 1 aromatic heterocycles. The van der Waals surface area contributed by atoms with Crippen LogP contribution in [-0.4, -0.2) is 48.6 Å². The van der Waals surface area contributed by atoms with Gasteiger partial charge < -0.3 is 9.73 Å². The fraction of sp³-hybridized carbons (Fsp3) is 0.765. The molecule has 4 nitrogen and oxygen atoms in total. The van der Waals surface area contributed by atoms with Crippen LogP contribution in [0.5, 0.6) is 0 Å². The zero-order valence-corrected chi connectivity index (χ0v) is 14.1. The van der Waals surface area contributed by atoms with Crippen LogP contribution in [-0.2, 0) is 13.1 Å². The molecule has 0 bridgehead atoms. The van der Waals surface area contributed by atoms with Gasteiger partial charge in [0, 0.05) is 44.3 Å². The predicted octanol–water partition coefficient (Wildman–Crippen LogP) is 2.61. The third-order valence-corrected chi connectivity index (χ3v) is 4.64. The molecular weight excluding hydrogens is 262 g/mol. The van der Waals surface area contributed by atoms with Crippen LogP contribution in [0.3, 0.4) is 0 Å². The highest BCUT2D eigenvalue weighted by Crippen LogP contribution is 2.18. The van der Waals surface area contributed by atoms with Gasteiger partial charge in [0.05, 0.1) is 6.54 Å². The first-order valence-corrected chi connectivity index (χ1v) is 8.39. The van der Waals surface area contributed by atoms with E-state index in [-0.39, 0.29) is 0 Å². The van der Waals surface area contributed by atoms with Crippen molar-refractivity contribution in [3.63, 3.8) is 0 Å². The molecule has 0 amide bonds. The van der Waals surface area contributed by atoms with Crippen molar-refractivity contribution in [2.75, 3.05) is 32.7 Å². The van der Waals surface area contributed by atoms with Crippen molar-refractivity contribution in [1.29, 1.82) is 0 Å². The SMILES string of the molecule is CCNCc1cc(CN2CCN(C(C)CC)CC2)c(C)o1. The van der Waals surface area contributed by atoms with Crippen LogP contribution in [0.25, 0.3) is 0 Å². The maximum atomic E-state index is 5.84. The van der Waals surface area contributed by atoms with E-state index >= 15 is 0 Å². The molecule has 1 N–H and O–H groups in total. The molecule has 2 rings (SSSR count). The van der Waals surface area contributed by atoms with Gasteiger partial charge in [-0.1, -0.05) is 13.8 Å². The molecule has 0 radical (unpaired) electrons. The van der Waals surface area contributed by atoms with Gasteiger partial charge in [-0.25, -0.2) is 0 Å². The Hall–Kier alpha value is -0.840. The number of piperazine rings is 1. The summed E-state index contributed by atoms with van der Waals surface area (Å²) in [5, 5.41) is 3.32. The Morgan fingerprint density at radius 1 is 1.24 bits per heavy atom. The van der Waals surface area contributed by atoms with Crippen molar-refractivity contribution in [3.8, 4) is 0 Å². The van der Waals surface area contributed by atoms with Gasteiger partial charge in [-0.3, -0.25) is 9.80 Å². The fourth-order valence-corrected chi connectivity index (χ4v) is 2.94. The zero-order chi connectivity index (χ0) is 15.2. The number of hydrogen-bond acceptors (Lipinski definition) is 4. The molecule has 21 heavy (non-hydrogen) atoms. The molecule has 1 atom stereocenters. The van der Waals surface area contributed by atoms with Gasteiger partial charge in [0.2, 0.25) is 0 Å². The summed E-state index contributed by atoms with van der Waals surface area (Å²) in [5.41, 5.74) is 1.35. The van der Waals surface area contributed by atoms with Crippen molar-refractivity contribution < 1.29 is 4.42 Å². The molecule has 0 saturated carbocycles. The van der Waals surface area contributed by atoms with E-state index in [0.717, 1.165) is 50.3 Å². The Morgan fingerprint density at radius 3 is 2.57 bits per heavy atom. The van der Waals surface area contributed by atoms with E-state index < -0.39 is 0 Å². The number of aryl methyl sites for hydroxylation is 1. The maximum absolute atomic E-state index is 5.84. The van der Waals surface area contributed by atoms with Gasteiger partial charge in [0.25, 0.3) is 0 Å². The third kappa shape index (κ3) is 4.56. The van der Waals surface area contributed by atoms with Crippen molar-refractivity contribution in [2.45, 2.75) is 53.2 Å². The minimum atomic E-state index is 0.717.